The van der Waals surface area contributed by atoms with Crippen molar-refractivity contribution in [3.8, 4) is 5.75 Å². The first-order chi connectivity index (χ1) is 10.3. The highest BCUT2D eigenvalue weighted by molar-refractivity contribution is 14.1. The SMILES string of the molecule is COc1cccc(C(CI)OCCCc2ccccc2)c1. The van der Waals surface area contributed by atoms with Crippen LogP contribution in [0.1, 0.15) is 23.7 Å². The molecule has 0 fully saturated rings. The summed E-state index contributed by atoms with van der Waals surface area (Å²) in [5, 5.41) is 0. The van der Waals surface area contributed by atoms with Crippen molar-refractivity contribution in [1.29, 1.82) is 0 Å². The molecule has 0 aliphatic heterocycles. The zero-order valence-corrected chi connectivity index (χ0v) is 14.5. The minimum atomic E-state index is 0.136. The molecule has 0 spiro atoms. The third-order valence-corrected chi connectivity index (χ3v) is 4.18. The van der Waals surface area contributed by atoms with E-state index in [0.717, 1.165) is 29.6 Å². The standard InChI is InChI=1S/C18H21IO2/c1-20-17-11-5-10-16(13-17)18(14-19)21-12-6-9-15-7-3-2-4-8-15/h2-5,7-8,10-11,13,18H,6,9,12,14H2,1H3. The Morgan fingerprint density at radius 3 is 2.57 bits per heavy atom. The summed E-state index contributed by atoms with van der Waals surface area (Å²) in [6, 6.07) is 18.7. The van der Waals surface area contributed by atoms with E-state index in [9.17, 15) is 0 Å². The Kier molecular flexibility index (Phi) is 7.03. The molecule has 2 nitrogen and oxygen atoms in total. The van der Waals surface area contributed by atoms with E-state index >= 15 is 0 Å². The van der Waals surface area contributed by atoms with Gasteiger partial charge in [-0.3, -0.25) is 0 Å². The van der Waals surface area contributed by atoms with Gasteiger partial charge in [0.25, 0.3) is 0 Å². The van der Waals surface area contributed by atoms with Crippen molar-refractivity contribution in [1.82, 2.24) is 0 Å². The van der Waals surface area contributed by atoms with Gasteiger partial charge < -0.3 is 9.47 Å². The summed E-state index contributed by atoms with van der Waals surface area (Å²) in [6.07, 6.45) is 2.24. The summed E-state index contributed by atoms with van der Waals surface area (Å²) >= 11 is 2.37. The normalized spacial score (nSPS) is 12.1. The van der Waals surface area contributed by atoms with E-state index in [-0.39, 0.29) is 6.10 Å². The van der Waals surface area contributed by atoms with E-state index in [1.54, 1.807) is 7.11 Å². The van der Waals surface area contributed by atoms with Gasteiger partial charge in [0.2, 0.25) is 0 Å². The molecule has 112 valence electrons. The molecule has 0 aliphatic carbocycles. The lowest BCUT2D eigenvalue weighted by Crippen LogP contribution is -2.08. The van der Waals surface area contributed by atoms with Gasteiger partial charge in [0.1, 0.15) is 5.75 Å². The van der Waals surface area contributed by atoms with Crippen LogP contribution in [0, 0.1) is 0 Å². The van der Waals surface area contributed by atoms with E-state index in [0.29, 0.717) is 0 Å². The van der Waals surface area contributed by atoms with E-state index < -0.39 is 0 Å². The maximum absolute atomic E-state index is 6.04. The summed E-state index contributed by atoms with van der Waals surface area (Å²) in [5.74, 6) is 0.884. The summed E-state index contributed by atoms with van der Waals surface area (Å²) in [5.41, 5.74) is 2.55. The zero-order valence-electron chi connectivity index (χ0n) is 12.3. The first kappa shape index (κ1) is 16.3. The Morgan fingerprint density at radius 2 is 1.86 bits per heavy atom. The van der Waals surface area contributed by atoms with E-state index in [1.165, 1.54) is 11.1 Å². The minimum absolute atomic E-state index is 0.136. The molecule has 0 heterocycles. The highest BCUT2D eigenvalue weighted by Gasteiger charge is 2.11. The third kappa shape index (κ3) is 5.32. The average Bonchev–Trinajstić information content (AvgIpc) is 2.56. The highest BCUT2D eigenvalue weighted by atomic mass is 127. The topological polar surface area (TPSA) is 18.5 Å². The van der Waals surface area contributed by atoms with Crippen LogP contribution >= 0.6 is 22.6 Å². The van der Waals surface area contributed by atoms with Gasteiger partial charge in [0, 0.05) is 11.0 Å². The quantitative estimate of drug-likeness (QED) is 0.362. The first-order valence-electron chi connectivity index (χ1n) is 7.19. The van der Waals surface area contributed by atoms with Crippen LogP contribution in [0.4, 0.5) is 0 Å². The van der Waals surface area contributed by atoms with Crippen LogP contribution in [0.5, 0.6) is 5.75 Å². The number of aryl methyl sites for hydroxylation is 1. The van der Waals surface area contributed by atoms with Crippen LogP contribution in [-0.4, -0.2) is 18.1 Å². The number of ether oxygens (including phenoxy) is 2. The molecule has 3 heteroatoms. The Balaban J connectivity index is 1.82. The predicted octanol–water partition coefficient (Wildman–Crippen LogP) is 4.82. The number of rotatable bonds is 8. The molecule has 0 radical (unpaired) electrons. The highest BCUT2D eigenvalue weighted by Crippen LogP contribution is 2.24. The number of methoxy groups -OCH3 is 1. The summed E-state index contributed by atoms with van der Waals surface area (Å²) in [6.45, 7) is 0.778. The van der Waals surface area contributed by atoms with Crippen molar-refractivity contribution in [2.24, 2.45) is 0 Å². The fourth-order valence-corrected chi connectivity index (χ4v) is 2.98. The fourth-order valence-electron chi connectivity index (χ4n) is 2.22. The lowest BCUT2D eigenvalue weighted by molar-refractivity contribution is 0.0692. The van der Waals surface area contributed by atoms with Crippen molar-refractivity contribution in [3.05, 3.63) is 65.7 Å². The van der Waals surface area contributed by atoms with Crippen molar-refractivity contribution in [2.75, 3.05) is 18.1 Å². The molecule has 0 aliphatic rings. The zero-order chi connectivity index (χ0) is 14.9. The predicted molar refractivity (Wildman–Crippen MR) is 95.3 cm³/mol. The number of hydrogen-bond acceptors (Lipinski definition) is 2. The van der Waals surface area contributed by atoms with Crippen molar-refractivity contribution in [2.45, 2.75) is 18.9 Å². The molecule has 2 aromatic rings. The van der Waals surface area contributed by atoms with Gasteiger partial charge in [0.15, 0.2) is 0 Å². The Bertz CT molecular complexity index is 528. The van der Waals surface area contributed by atoms with Crippen molar-refractivity contribution >= 4 is 22.6 Å². The molecule has 1 unspecified atom stereocenters. The maximum Gasteiger partial charge on any atom is 0.119 e. The van der Waals surface area contributed by atoms with Gasteiger partial charge in [-0.25, -0.2) is 0 Å². The molecule has 2 aromatic carbocycles. The Morgan fingerprint density at radius 1 is 1.05 bits per heavy atom. The van der Waals surface area contributed by atoms with Crippen LogP contribution in [0.3, 0.4) is 0 Å². The largest absolute Gasteiger partial charge is 0.497 e. The maximum atomic E-state index is 6.04. The third-order valence-electron chi connectivity index (χ3n) is 3.38. The Labute approximate surface area is 140 Å². The monoisotopic (exact) mass is 396 g/mol. The molecule has 21 heavy (non-hydrogen) atoms. The molecule has 0 bridgehead atoms. The molecular weight excluding hydrogens is 375 g/mol. The molecule has 0 aromatic heterocycles. The molecule has 0 saturated carbocycles. The summed E-state index contributed by atoms with van der Waals surface area (Å²) in [4.78, 5) is 0. The average molecular weight is 396 g/mol. The summed E-state index contributed by atoms with van der Waals surface area (Å²) < 4.78 is 12.3. The van der Waals surface area contributed by atoms with Gasteiger partial charge in [0.05, 0.1) is 13.2 Å². The van der Waals surface area contributed by atoms with Crippen LogP contribution < -0.4 is 4.74 Å². The smallest absolute Gasteiger partial charge is 0.119 e. The number of alkyl halides is 1. The number of benzene rings is 2. The van der Waals surface area contributed by atoms with Crippen molar-refractivity contribution < 1.29 is 9.47 Å². The lowest BCUT2D eigenvalue weighted by atomic mass is 10.1. The Hall–Kier alpha value is -1.07. The van der Waals surface area contributed by atoms with Gasteiger partial charge in [-0.2, -0.15) is 0 Å². The van der Waals surface area contributed by atoms with Crippen LogP contribution in [0.25, 0.3) is 0 Å². The van der Waals surface area contributed by atoms with Crippen LogP contribution in [-0.2, 0) is 11.2 Å². The van der Waals surface area contributed by atoms with E-state index in [4.69, 9.17) is 9.47 Å². The lowest BCUT2D eigenvalue weighted by Gasteiger charge is -2.16. The molecular formula is C18H21IO2. The van der Waals surface area contributed by atoms with Gasteiger partial charge in [-0.15, -0.1) is 0 Å². The molecule has 2 rings (SSSR count). The fraction of sp³-hybridized carbons (Fsp3) is 0.333. The first-order valence-corrected chi connectivity index (χ1v) is 8.71. The molecule has 0 N–H and O–H groups in total. The minimum Gasteiger partial charge on any atom is -0.497 e. The van der Waals surface area contributed by atoms with Crippen LogP contribution in [0.2, 0.25) is 0 Å². The van der Waals surface area contributed by atoms with E-state index in [1.807, 2.05) is 12.1 Å². The number of hydrogen-bond donors (Lipinski definition) is 0. The van der Waals surface area contributed by atoms with E-state index in [2.05, 4.69) is 65.1 Å². The van der Waals surface area contributed by atoms with Crippen LogP contribution in [0.15, 0.2) is 54.6 Å². The second-order valence-electron chi connectivity index (χ2n) is 4.88. The molecule has 0 saturated heterocycles. The second kappa shape index (κ2) is 9.05. The van der Waals surface area contributed by atoms with Gasteiger partial charge in [-0.1, -0.05) is 65.1 Å². The van der Waals surface area contributed by atoms with Crippen molar-refractivity contribution in [3.63, 3.8) is 0 Å². The van der Waals surface area contributed by atoms with Gasteiger partial charge >= 0.3 is 0 Å². The molecule has 0 amide bonds. The number of halogens is 1. The molecule has 1 atom stereocenters. The van der Waals surface area contributed by atoms with Gasteiger partial charge in [-0.05, 0) is 36.1 Å². The second-order valence-corrected chi connectivity index (χ2v) is 5.76. The summed E-state index contributed by atoms with van der Waals surface area (Å²) in [7, 11) is 1.69.